The van der Waals surface area contributed by atoms with Gasteiger partial charge in [0.25, 0.3) is 0 Å². The Morgan fingerprint density at radius 3 is 2.61 bits per heavy atom. The van der Waals surface area contributed by atoms with Crippen LogP contribution in [0.25, 0.3) is 0 Å². The number of anilines is 2. The SMILES string of the molecule is COc1ccc(N(C)c2ccc(Br)cn2)cc1Cl. The average molecular weight is 328 g/mol. The molecule has 0 bridgehead atoms. The summed E-state index contributed by atoms with van der Waals surface area (Å²) >= 11 is 9.47. The normalized spacial score (nSPS) is 10.2. The van der Waals surface area contributed by atoms with Gasteiger partial charge in [0.1, 0.15) is 11.6 Å². The largest absolute Gasteiger partial charge is 0.495 e. The van der Waals surface area contributed by atoms with Crippen molar-refractivity contribution in [2.24, 2.45) is 0 Å². The number of hydrogen-bond donors (Lipinski definition) is 0. The molecule has 0 saturated carbocycles. The Hall–Kier alpha value is -1.26. The minimum Gasteiger partial charge on any atom is -0.495 e. The van der Waals surface area contributed by atoms with Crippen LogP contribution in [0.4, 0.5) is 11.5 Å². The van der Waals surface area contributed by atoms with Crippen LogP contribution in [0.5, 0.6) is 5.75 Å². The van der Waals surface area contributed by atoms with E-state index >= 15 is 0 Å². The summed E-state index contributed by atoms with van der Waals surface area (Å²) in [5.74, 6) is 1.51. The predicted octanol–water partition coefficient (Wildman–Crippen LogP) is 4.27. The van der Waals surface area contributed by atoms with Gasteiger partial charge in [-0.2, -0.15) is 0 Å². The second-order valence-corrected chi connectivity index (χ2v) is 5.04. The van der Waals surface area contributed by atoms with E-state index in [1.165, 1.54) is 0 Å². The van der Waals surface area contributed by atoms with E-state index in [1.807, 2.05) is 42.3 Å². The number of pyridine rings is 1. The molecule has 0 N–H and O–H groups in total. The molecule has 1 aromatic heterocycles. The fourth-order valence-electron chi connectivity index (χ4n) is 1.56. The van der Waals surface area contributed by atoms with Crippen molar-refractivity contribution in [3.63, 3.8) is 0 Å². The number of aromatic nitrogens is 1. The molecule has 0 fully saturated rings. The van der Waals surface area contributed by atoms with E-state index in [0.717, 1.165) is 16.0 Å². The van der Waals surface area contributed by atoms with Gasteiger partial charge < -0.3 is 9.64 Å². The van der Waals surface area contributed by atoms with Gasteiger partial charge in [0.2, 0.25) is 0 Å². The van der Waals surface area contributed by atoms with Crippen molar-refractivity contribution in [2.75, 3.05) is 19.1 Å². The van der Waals surface area contributed by atoms with E-state index in [0.29, 0.717) is 10.8 Å². The number of halogens is 2. The topological polar surface area (TPSA) is 25.4 Å². The molecule has 0 unspecified atom stereocenters. The molecule has 0 aliphatic rings. The smallest absolute Gasteiger partial charge is 0.137 e. The first kappa shape index (κ1) is 13.2. The van der Waals surface area contributed by atoms with Crippen LogP contribution in [0.3, 0.4) is 0 Å². The highest BCUT2D eigenvalue weighted by Gasteiger charge is 2.08. The molecule has 94 valence electrons. The Morgan fingerprint density at radius 1 is 1.28 bits per heavy atom. The number of hydrogen-bond acceptors (Lipinski definition) is 3. The summed E-state index contributed by atoms with van der Waals surface area (Å²) in [6, 6.07) is 9.51. The van der Waals surface area contributed by atoms with Gasteiger partial charge in [-0.1, -0.05) is 11.6 Å². The van der Waals surface area contributed by atoms with Crippen molar-refractivity contribution < 1.29 is 4.74 Å². The Balaban J connectivity index is 2.31. The number of methoxy groups -OCH3 is 1. The maximum absolute atomic E-state index is 6.11. The third kappa shape index (κ3) is 2.76. The summed E-state index contributed by atoms with van der Waals surface area (Å²) in [5.41, 5.74) is 0.954. The Bertz CT molecular complexity index is 545. The first-order valence-corrected chi connectivity index (χ1v) is 6.47. The number of ether oxygens (including phenoxy) is 1. The minimum absolute atomic E-state index is 0.582. The Kier molecular flexibility index (Phi) is 4.09. The summed E-state index contributed by atoms with van der Waals surface area (Å²) < 4.78 is 6.08. The highest BCUT2D eigenvalue weighted by Crippen LogP contribution is 2.31. The first-order valence-electron chi connectivity index (χ1n) is 5.30. The van der Waals surface area contributed by atoms with Crippen LogP contribution < -0.4 is 9.64 Å². The summed E-state index contributed by atoms with van der Waals surface area (Å²) in [5, 5.41) is 0.582. The van der Waals surface area contributed by atoms with Crippen molar-refractivity contribution in [3.8, 4) is 5.75 Å². The monoisotopic (exact) mass is 326 g/mol. The molecular formula is C13H12BrClN2O. The summed E-state index contributed by atoms with van der Waals surface area (Å²) in [4.78, 5) is 6.29. The maximum Gasteiger partial charge on any atom is 0.137 e. The zero-order valence-electron chi connectivity index (χ0n) is 10.0. The first-order chi connectivity index (χ1) is 8.61. The van der Waals surface area contributed by atoms with Crippen molar-refractivity contribution >= 4 is 39.0 Å². The summed E-state index contributed by atoms with van der Waals surface area (Å²) in [6.45, 7) is 0. The van der Waals surface area contributed by atoms with Gasteiger partial charge in [0.15, 0.2) is 0 Å². The molecule has 5 heteroatoms. The molecule has 0 atom stereocenters. The van der Waals surface area contributed by atoms with E-state index < -0.39 is 0 Å². The van der Waals surface area contributed by atoms with Crippen LogP contribution in [0.2, 0.25) is 5.02 Å². The fraction of sp³-hybridized carbons (Fsp3) is 0.154. The van der Waals surface area contributed by atoms with Gasteiger partial charge >= 0.3 is 0 Å². The molecule has 0 radical (unpaired) electrons. The van der Waals surface area contributed by atoms with Crippen LogP contribution in [0.15, 0.2) is 41.0 Å². The molecule has 0 aliphatic carbocycles. The third-order valence-electron chi connectivity index (χ3n) is 2.58. The zero-order valence-corrected chi connectivity index (χ0v) is 12.4. The second-order valence-electron chi connectivity index (χ2n) is 3.71. The van der Waals surface area contributed by atoms with Crippen LogP contribution in [0, 0.1) is 0 Å². The molecular weight excluding hydrogens is 316 g/mol. The van der Waals surface area contributed by atoms with Gasteiger partial charge in [-0.25, -0.2) is 4.98 Å². The van der Waals surface area contributed by atoms with Crippen molar-refractivity contribution in [1.82, 2.24) is 4.98 Å². The van der Waals surface area contributed by atoms with Gasteiger partial charge in [-0.3, -0.25) is 0 Å². The van der Waals surface area contributed by atoms with Gasteiger partial charge in [-0.05, 0) is 46.3 Å². The lowest BCUT2D eigenvalue weighted by Gasteiger charge is -2.19. The maximum atomic E-state index is 6.11. The van der Waals surface area contributed by atoms with Crippen LogP contribution in [0.1, 0.15) is 0 Å². The van der Waals surface area contributed by atoms with Crippen molar-refractivity contribution in [1.29, 1.82) is 0 Å². The van der Waals surface area contributed by atoms with Crippen LogP contribution in [-0.4, -0.2) is 19.1 Å². The minimum atomic E-state index is 0.582. The lowest BCUT2D eigenvalue weighted by molar-refractivity contribution is 0.415. The highest BCUT2D eigenvalue weighted by atomic mass is 79.9. The molecule has 0 amide bonds. The van der Waals surface area contributed by atoms with E-state index in [2.05, 4.69) is 20.9 Å². The standard InChI is InChI=1S/C13H12BrClN2O/c1-17(13-6-3-9(14)8-16-13)10-4-5-12(18-2)11(15)7-10/h3-8H,1-2H3. The molecule has 2 aromatic rings. The Labute approximate surface area is 119 Å². The average Bonchev–Trinajstić information content (AvgIpc) is 2.38. The molecule has 3 nitrogen and oxygen atoms in total. The molecule has 0 spiro atoms. The van der Waals surface area contributed by atoms with Crippen LogP contribution in [-0.2, 0) is 0 Å². The number of benzene rings is 1. The summed E-state index contributed by atoms with van der Waals surface area (Å²) in [6.07, 6.45) is 1.76. The van der Waals surface area contributed by atoms with Gasteiger partial charge in [-0.15, -0.1) is 0 Å². The van der Waals surface area contributed by atoms with E-state index in [-0.39, 0.29) is 0 Å². The van der Waals surface area contributed by atoms with E-state index in [4.69, 9.17) is 16.3 Å². The quantitative estimate of drug-likeness (QED) is 0.841. The van der Waals surface area contributed by atoms with Crippen molar-refractivity contribution in [3.05, 3.63) is 46.0 Å². The van der Waals surface area contributed by atoms with Gasteiger partial charge in [0.05, 0.1) is 12.1 Å². The molecule has 1 heterocycles. The molecule has 1 aromatic carbocycles. The lowest BCUT2D eigenvalue weighted by atomic mass is 10.2. The van der Waals surface area contributed by atoms with E-state index in [1.54, 1.807) is 13.3 Å². The lowest BCUT2D eigenvalue weighted by Crippen LogP contribution is -2.10. The van der Waals surface area contributed by atoms with Crippen LogP contribution >= 0.6 is 27.5 Å². The second kappa shape index (κ2) is 5.59. The third-order valence-corrected chi connectivity index (χ3v) is 3.34. The fourth-order valence-corrected chi connectivity index (χ4v) is 2.05. The Morgan fingerprint density at radius 2 is 2.06 bits per heavy atom. The highest BCUT2D eigenvalue weighted by molar-refractivity contribution is 9.10. The van der Waals surface area contributed by atoms with E-state index in [9.17, 15) is 0 Å². The molecule has 2 rings (SSSR count). The number of nitrogens with zero attached hydrogens (tertiary/aromatic N) is 2. The summed E-state index contributed by atoms with van der Waals surface area (Å²) in [7, 11) is 3.54. The molecule has 0 aliphatic heterocycles. The number of rotatable bonds is 3. The van der Waals surface area contributed by atoms with Gasteiger partial charge in [0, 0.05) is 23.4 Å². The zero-order chi connectivity index (χ0) is 13.1. The van der Waals surface area contributed by atoms with Crippen molar-refractivity contribution in [2.45, 2.75) is 0 Å². The predicted molar refractivity (Wildman–Crippen MR) is 78.0 cm³/mol. The molecule has 0 saturated heterocycles. The molecule has 18 heavy (non-hydrogen) atoms.